The van der Waals surface area contributed by atoms with E-state index in [1.165, 1.54) is 5.57 Å². The highest BCUT2D eigenvalue weighted by Crippen LogP contribution is 2.75. The van der Waals surface area contributed by atoms with Crippen LogP contribution in [-0.2, 0) is 19.0 Å². The number of aliphatic carboxylic acids is 1. The summed E-state index contributed by atoms with van der Waals surface area (Å²) >= 11 is 0. The Kier molecular flexibility index (Phi) is 8.69. The van der Waals surface area contributed by atoms with Crippen LogP contribution in [0.3, 0.4) is 0 Å². The van der Waals surface area contributed by atoms with Crippen LogP contribution < -0.4 is 0 Å². The monoisotopic (exact) mass is 648 g/mol. The Balaban J connectivity index is 1.35. The van der Waals surface area contributed by atoms with E-state index in [4.69, 9.17) is 14.2 Å². The molecule has 2 heterocycles. The number of carbonyl (C=O) groups is 1. The molecule has 2 bridgehead atoms. The van der Waals surface area contributed by atoms with Gasteiger partial charge in [0.05, 0.1) is 31.8 Å². The van der Waals surface area contributed by atoms with Crippen molar-refractivity contribution >= 4 is 5.97 Å². The first-order chi connectivity index (χ1) is 21.4. The molecule has 262 valence electrons. The molecule has 2 aliphatic heterocycles. The summed E-state index contributed by atoms with van der Waals surface area (Å²) in [6.45, 7) is 18.7. The molecule has 0 aromatic heterocycles. The predicted molar refractivity (Wildman–Crippen MR) is 171 cm³/mol. The van der Waals surface area contributed by atoms with Crippen LogP contribution in [0.5, 0.6) is 0 Å². The second-order valence-corrected chi connectivity index (χ2v) is 17.8. The van der Waals surface area contributed by atoms with Crippen LogP contribution in [0.15, 0.2) is 11.6 Å². The van der Waals surface area contributed by atoms with Crippen LogP contribution in [0, 0.1) is 62.6 Å². The van der Waals surface area contributed by atoms with E-state index in [9.17, 15) is 30.3 Å². The van der Waals surface area contributed by atoms with E-state index in [1.807, 2.05) is 0 Å². The molecule has 0 amide bonds. The minimum Gasteiger partial charge on any atom is -0.481 e. The van der Waals surface area contributed by atoms with Gasteiger partial charge < -0.3 is 39.7 Å². The van der Waals surface area contributed by atoms with Crippen LogP contribution in [0.4, 0.5) is 0 Å². The van der Waals surface area contributed by atoms with Crippen molar-refractivity contribution in [3.8, 4) is 0 Å². The van der Waals surface area contributed by atoms with E-state index < -0.39 is 54.6 Å². The predicted octanol–water partition coefficient (Wildman–Crippen LogP) is 4.40. The molecule has 9 heteroatoms. The number of carboxylic acid groups (broad SMARTS) is 1. The lowest BCUT2D eigenvalue weighted by atomic mass is 9.34. The SMILES string of the molecule is CC(C)[C@@H](C)[C@@]1(C)CC[C@]2(C)[C@H]3CC[C@@H]4[C@@]5(COC[C@@]4(C)[C@@H](O[C@@H]4O[C@H](CO)[C@@H](O)[C@H](O)[C@H]4O)[C@H](C)C5)C3=CC[C@@]2(C)[C@@H]1C(=O)O. The standard InChI is InChI=1S/C37H60O9/c1-19(2)21(4)33(5)13-14-35(7)22-9-10-25-34(6)17-44-18-37(25,23(22)11-12-36(35,8)29(33)31(42)43)15-20(3)30(34)46-32-28(41)27(40)26(39)24(16-38)45-32/h11,19-22,24-30,32,38-41H,9-10,12-18H2,1-8H3,(H,42,43)/t20-,21-,22+,24-,25+,26-,27+,28-,29-,30+,32+,33-,34-,35-,36+,37+/m1/s1. The van der Waals surface area contributed by atoms with Crippen LogP contribution in [0.2, 0.25) is 0 Å². The Morgan fingerprint density at radius 2 is 1.70 bits per heavy atom. The number of hydrogen-bond acceptors (Lipinski definition) is 8. The van der Waals surface area contributed by atoms with E-state index in [-0.39, 0.29) is 45.5 Å². The van der Waals surface area contributed by atoms with Gasteiger partial charge in [-0.25, -0.2) is 0 Å². The molecule has 0 aromatic carbocycles. The molecule has 9 nitrogen and oxygen atoms in total. The summed E-state index contributed by atoms with van der Waals surface area (Å²) in [6.07, 6.45) is 1.02. The first-order valence-corrected chi connectivity index (χ1v) is 17.9. The number of ether oxygens (including phenoxy) is 3. The highest BCUT2D eigenvalue weighted by molar-refractivity contribution is 5.73. The molecular formula is C37H60O9. The first-order valence-electron chi connectivity index (χ1n) is 17.9. The maximum atomic E-state index is 13.3. The van der Waals surface area contributed by atoms with Gasteiger partial charge in [0.1, 0.15) is 24.4 Å². The number of hydrogen-bond donors (Lipinski definition) is 5. The molecule has 16 atom stereocenters. The molecule has 5 N–H and O–H groups in total. The molecule has 6 aliphatic rings. The smallest absolute Gasteiger partial charge is 0.307 e. The summed E-state index contributed by atoms with van der Waals surface area (Å²) < 4.78 is 18.9. The third-order valence-corrected chi connectivity index (χ3v) is 15.5. The lowest BCUT2D eigenvalue weighted by Crippen LogP contribution is -2.69. The Morgan fingerprint density at radius 3 is 2.33 bits per heavy atom. The van der Waals surface area contributed by atoms with Gasteiger partial charge in [0.2, 0.25) is 0 Å². The fourth-order valence-electron chi connectivity index (χ4n) is 12.6. The number of aliphatic hydroxyl groups excluding tert-OH is 4. The molecule has 0 aromatic rings. The van der Waals surface area contributed by atoms with E-state index in [0.717, 1.165) is 38.5 Å². The summed E-state index contributed by atoms with van der Waals surface area (Å²) in [5.74, 6) is 0.236. The maximum absolute atomic E-state index is 13.3. The van der Waals surface area contributed by atoms with E-state index >= 15 is 0 Å². The van der Waals surface area contributed by atoms with Gasteiger partial charge in [-0.3, -0.25) is 4.79 Å². The Bertz CT molecular complexity index is 1220. The number of rotatable bonds is 6. The Hall–Kier alpha value is -1.07. The zero-order valence-corrected chi connectivity index (χ0v) is 29.2. The van der Waals surface area contributed by atoms with Crippen LogP contribution in [0.1, 0.15) is 93.9 Å². The summed E-state index contributed by atoms with van der Waals surface area (Å²) in [6, 6.07) is 0. The Labute approximate surface area is 275 Å². The Morgan fingerprint density at radius 1 is 1.00 bits per heavy atom. The van der Waals surface area contributed by atoms with Crippen molar-refractivity contribution in [3.05, 3.63) is 11.6 Å². The van der Waals surface area contributed by atoms with Crippen molar-refractivity contribution < 1.29 is 44.5 Å². The lowest BCUT2D eigenvalue weighted by Gasteiger charge is -2.71. The van der Waals surface area contributed by atoms with E-state index in [0.29, 0.717) is 25.0 Å². The number of aliphatic hydroxyl groups is 4. The summed E-state index contributed by atoms with van der Waals surface area (Å²) in [5.41, 5.74) is 0.0775. The summed E-state index contributed by atoms with van der Waals surface area (Å²) in [7, 11) is 0. The van der Waals surface area contributed by atoms with Crippen molar-refractivity contribution in [2.24, 2.45) is 62.6 Å². The summed E-state index contributed by atoms with van der Waals surface area (Å²) in [4.78, 5) is 13.3. The molecule has 0 spiro atoms. The van der Waals surface area contributed by atoms with Crippen molar-refractivity contribution in [2.75, 3.05) is 19.8 Å². The topological polar surface area (TPSA) is 146 Å². The molecule has 3 saturated carbocycles. The fraction of sp³-hybridized carbons (Fsp3) is 0.919. The average molecular weight is 649 g/mol. The van der Waals surface area contributed by atoms with Gasteiger partial charge in [-0.1, -0.05) is 67.0 Å². The normalized spacial score (nSPS) is 54.2. The van der Waals surface area contributed by atoms with Crippen molar-refractivity contribution in [1.82, 2.24) is 0 Å². The van der Waals surface area contributed by atoms with Crippen LogP contribution in [0.25, 0.3) is 0 Å². The third kappa shape index (κ3) is 4.54. The van der Waals surface area contributed by atoms with Crippen molar-refractivity contribution in [3.63, 3.8) is 0 Å². The minimum atomic E-state index is -1.49. The van der Waals surface area contributed by atoms with Gasteiger partial charge in [-0.2, -0.15) is 0 Å². The minimum absolute atomic E-state index is 0.0755. The third-order valence-electron chi connectivity index (χ3n) is 15.5. The van der Waals surface area contributed by atoms with Gasteiger partial charge >= 0.3 is 5.97 Å². The zero-order valence-electron chi connectivity index (χ0n) is 29.2. The number of carboxylic acids is 1. The molecule has 4 aliphatic carbocycles. The first kappa shape index (κ1) is 34.8. The molecule has 46 heavy (non-hydrogen) atoms. The van der Waals surface area contributed by atoms with E-state index in [2.05, 4.69) is 61.5 Å². The largest absolute Gasteiger partial charge is 0.481 e. The quantitative estimate of drug-likeness (QED) is 0.209. The summed E-state index contributed by atoms with van der Waals surface area (Å²) in [5, 5.41) is 52.3. The van der Waals surface area contributed by atoms with Gasteiger partial charge in [-0.05, 0) is 84.4 Å². The van der Waals surface area contributed by atoms with Gasteiger partial charge in [0, 0.05) is 10.8 Å². The maximum Gasteiger partial charge on any atom is 0.307 e. The highest BCUT2D eigenvalue weighted by atomic mass is 16.7. The molecule has 2 saturated heterocycles. The van der Waals surface area contributed by atoms with Crippen molar-refractivity contribution in [2.45, 2.75) is 131 Å². The molecular weight excluding hydrogens is 588 g/mol. The molecule has 0 radical (unpaired) electrons. The zero-order chi connectivity index (χ0) is 33.8. The fourth-order valence-corrected chi connectivity index (χ4v) is 12.6. The highest BCUT2D eigenvalue weighted by Gasteiger charge is 2.71. The molecule has 5 fully saturated rings. The average Bonchev–Trinajstić information content (AvgIpc) is 2.99. The van der Waals surface area contributed by atoms with Crippen LogP contribution >= 0.6 is 0 Å². The van der Waals surface area contributed by atoms with E-state index in [1.54, 1.807) is 0 Å². The van der Waals surface area contributed by atoms with Gasteiger partial charge in [-0.15, -0.1) is 0 Å². The molecule has 0 unspecified atom stereocenters. The molecule has 6 rings (SSSR count). The van der Waals surface area contributed by atoms with Crippen LogP contribution in [-0.4, -0.2) is 88.1 Å². The second-order valence-electron chi connectivity index (χ2n) is 17.8. The van der Waals surface area contributed by atoms with Crippen molar-refractivity contribution in [1.29, 1.82) is 0 Å². The lowest BCUT2D eigenvalue weighted by molar-refractivity contribution is -0.343. The van der Waals surface area contributed by atoms with Gasteiger partial charge in [0.15, 0.2) is 6.29 Å². The number of fused-ring (bicyclic) bond motifs is 3. The number of allylic oxidation sites excluding steroid dienone is 1. The second kappa shape index (κ2) is 11.5. The van der Waals surface area contributed by atoms with Gasteiger partial charge in [0.25, 0.3) is 0 Å².